The third kappa shape index (κ3) is 4.45. The van der Waals surface area contributed by atoms with Crippen molar-refractivity contribution in [2.45, 2.75) is 6.92 Å². The molecule has 0 unspecified atom stereocenters. The van der Waals surface area contributed by atoms with Crippen molar-refractivity contribution in [2.24, 2.45) is 0 Å². The van der Waals surface area contributed by atoms with Crippen LogP contribution in [0.25, 0.3) is 22.6 Å². The molecule has 1 amide bonds. The second-order valence-electron chi connectivity index (χ2n) is 6.48. The Hall–Kier alpha value is -3.22. The number of carbonyl (C=O) groups is 1. The molecule has 0 spiro atoms. The number of thiocarbonyl (C=S) groups is 1. The molecule has 144 valence electrons. The van der Waals surface area contributed by atoms with E-state index in [0.29, 0.717) is 27.6 Å². The van der Waals surface area contributed by atoms with Gasteiger partial charge in [0.25, 0.3) is 5.91 Å². The predicted octanol–water partition coefficient (Wildman–Crippen LogP) is 5.58. The summed E-state index contributed by atoms with van der Waals surface area (Å²) in [7, 11) is 0. The van der Waals surface area contributed by atoms with Gasteiger partial charge < -0.3 is 9.73 Å². The molecule has 0 fully saturated rings. The van der Waals surface area contributed by atoms with Crippen LogP contribution in [0.5, 0.6) is 0 Å². The Morgan fingerprint density at radius 3 is 2.48 bits per heavy atom. The van der Waals surface area contributed by atoms with Gasteiger partial charge >= 0.3 is 0 Å². The Kier molecular flexibility index (Phi) is 5.29. The summed E-state index contributed by atoms with van der Waals surface area (Å²) in [6.07, 6.45) is 0. The third-order valence-corrected chi connectivity index (χ3v) is 4.72. The molecule has 1 aromatic heterocycles. The Labute approximate surface area is 177 Å². The maximum Gasteiger partial charge on any atom is 0.257 e. The van der Waals surface area contributed by atoms with E-state index >= 15 is 0 Å². The number of nitrogens with one attached hydrogen (secondary N) is 2. The van der Waals surface area contributed by atoms with Crippen molar-refractivity contribution >= 4 is 51.6 Å². The van der Waals surface area contributed by atoms with Gasteiger partial charge in [-0.15, -0.1) is 0 Å². The molecule has 0 aliphatic carbocycles. The van der Waals surface area contributed by atoms with Crippen LogP contribution in [0.4, 0.5) is 5.69 Å². The molecule has 3 aromatic carbocycles. The number of anilines is 1. The highest BCUT2D eigenvalue weighted by molar-refractivity contribution is 7.80. The van der Waals surface area contributed by atoms with Crippen LogP contribution < -0.4 is 10.6 Å². The minimum atomic E-state index is -0.260. The zero-order valence-electron chi connectivity index (χ0n) is 15.4. The number of fused-ring (bicyclic) bond motifs is 1. The molecule has 0 saturated carbocycles. The highest BCUT2D eigenvalue weighted by Gasteiger charge is 2.10. The van der Waals surface area contributed by atoms with Crippen molar-refractivity contribution in [3.63, 3.8) is 0 Å². The van der Waals surface area contributed by atoms with Crippen LogP contribution >= 0.6 is 23.8 Å². The Morgan fingerprint density at radius 2 is 1.76 bits per heavy atom. The molecule has 0 bridgehead atoms. The lowest BCUT2D eigenvalue weighted by Gasteiger charge is -2.10. The van der Waals surface area contributed by atoms with Crippen LogP contribution in [-0.2, 0) is 0 Å². The van der Waals surface area contributed by atoms with Crippen molar-refractivity contribution in [1.82, 2.24) is 10.3 Å². The molecule has 0 atom stereocenters. The fourth-order valence-electron chi connectivity index (χ4n) is 2.76. The molecule has 4 aromatic rings. The fraction of sp³-hybridized carbons (Fsp3) is 0.0455. The van der Waals surface area contributed by atoms with E-state index in [-0.39, 0.29) is 11.0 Å². The minimum Gasteiger partial charge on any atom is -0.436 e. The summed E-state index contributed by atoms with van der Waals surface area (Å²) in [5, 5.41) is 6.50. The summed E-state index contributed by atoms with van der Waals surface area (Å²) in [6, 6.07) is 20.0. The zero-order valence-corrected chi connectivity index (χ0v) is 17.0. The smallest absolute Gasteiger partial charge is 0.257 e. The average molecular weight is 422 g/mol. The second-order valence-corrected chi connectivity index (χ2v) is 7.33. The SMILES string of the molecule is Cc1ccc(C(=O)NC(=S)Nc2ccc(-c3nc4cc(Cl)ccc4o3)cc2)cc1. The number of benzene rings is 3. The first-order chi connectivity index (χ1) is 14.0. The summed E-state index contributed by atoms with van der Waals surface area (Å²) >= 11 is 11.2. The molecule has 7 heteroatoms. The van der Waals surface area contributed by atoms with Crippen LogP contribution in [-0.4, -0.2) is 16.0 Å². The van der Waals surface area contributed by atoms with Crippen LogP contribution in [0.15, 0.2) is 71.1 Å². The molecule has 0 saturated heterocycles. The number of carbonyl (C=O) groups excluding carboxylic acids is 1. The fourth-order valence-corrected chi connectivity index (χ4v) is 3.14. The molecule has 29 heavy (non-hydrogen) atoms. The first-order valence-electron chi connectivity index (χ1n) is 8.83. The number of amides is 1. The molecule has 5 nitrogen and oxygen atoms in total. The number of nitrogens with zero attached hydrogens (tertiary/aromatic N) is 1. The molecular weight excluding hydrogens is 406 g/mol. The lowest BCUT2D eigenvalue weighted by atomic mass is 10.1. The lowest BCUT2D eigenvalue weighted by molar-refractivity contribution is 0.0977. The first-order valence-corrected chi connectivity index (χ1v) is 9.62. The monoisotopic (exact) mass is 421 g/mol. The average Bonchev–Trinajstić information content (AvgIpc) is 3.12. The van der Waals surface area contributed by atoms with E-state index in [1.807, 2.05) is 43.3 Å². The van der Waals surface area contributed by atoms with E-state index in [2.05, 4.69) is 15.6 Å². The van der Waals surface area contributed by atoms with E-state index in [9.17, 15) is 4.79 Å². The largest absolute Gasteiger partial charge is 0.436 e. The van der Waals surface area contributed by atoms with Crippen LogP contribution in [0.2, 0.25) is 5.02 Å². The molecule has 1 heterocycles. The molecule has 0 aliphatic heterocycles. The molecule has 0 radical (unpaired) electrons. The van der Waals surface area contributed by atoms with Crippen molar-refractivity contribution < 1.29 is 9.21 Å². The van der Waals surface area contributed by atoms with Crippen molar-refractivity contribution in [1.29, 1.82) is 0 Å². The molecular formula is C22H16ClN3O2S. The molecule has 4 rings (SSSR count). The van der Waals surface area contributed by atoms with Crippen molar-refractivity contribution in [3.8, 4) is 11.5 Å². The van der Waals surface area contributed by atoms with Gasteiger partial charge in [-0.3, -0.25) is 10.1 Å². The summed E-state index contributed by atoms with van der Waals surface area (Å²) < 4.78 is 5.77. The van der Waals surface area contributed by atoms with Gasteiger partial charge in [-0.05, 0) is 73.7 Å². The quantitative estimate of drug-likeness (QED) is 0.422. The van der Waals surface area contributed by atoms with Crippen LogP contribution in [0.3, 0.4) is 0 Å². The van der Waals surface area contributed by atoms with E-state index in [4.69, 9.17) is 28.2 Å². The van der Waals surface area contributed by atoms with Crippen molar-refractivity contribution in [2.75, 3.05) is 5.32 Å². The first kappa shape index (κ1) is 19.1. The number of hydrogen-bond donors (Lipinski definition) is 2. The van der Waals surface area contributed by atoms with Gasteiger partial charge in [-0.25, -0.2) is 4.98 Å². The summed E-state index contributed by atoms with van der Waals surface area (Å²) in [5.41, 5.74) is 4.57. The maximum absolute atomic E-state index is 12.2. The standard InChI is InChI=1S/C22H16ClN3O2S/c1-13-2-4-14(5-3-13)20(27)26-22(29)24-17-9-6-15(7-10-17)21-25-18-12-16(23)8-11-19(18)28-21/h2-12H,1H3,(H2,24,26,27,29). The van der Waals surface area contributed by atoms with Gasteiger partial charge in [0.15, 0.2) is 10.7 Å². The Balaban J connectivity index is 1.42. The maximum atomic E-state index is 12.2. The lowest BCUT2D eigenvalue weighted by Crippen LogP contribution is -2.34. The number of halogens is 1. The van der Waals surface area contributed by atoms with Gasteiger partial charge in [0, 0.05) is 21.8 Å². The van der Waals surface area contributed by atoms with Gasteiger partial charge in [-0.2, -0.15) is 0 Å². The number of aromatic nitrogens is 1. The predicted molar refractivity (Wildman–Crippen MR) is 119 cm³/mol. The van der Waals surface area contributed by atoms with E-state index < -0.39 is 0 Å². The molecule has 0 aliphatic rings. The van der Waals surface area contributed by atoms with Gasteiger partial charge in [-0.1, -0.05) is 29.3 Å². The topological polar surface area (TPSA) is 67.2 Å². The summed E-state index contributed by atoms with van der Waals surface area (Å²) in [4.78, 5) is 16.7. The highest BCUT2D eigenvalue weighted by atomic mass is 35.5. The second kappa shape index (κ2) is 8.03. The van der Waals surface area contributed by atoms with Crippen LogP contribution in [0, 0.1) is 6.92 Å². The van der Waals surface area contributed by atoms with Crippen LogP contribution in [0.1, 0.15) is 15.9 Å². The zero-order chi connectivity index (χ0) is 20.4. The van der Waals surface area contributed by atoms with E-state index in [0.717, 1.165) is 16.8 Å². The number of oxazole rings is 1. The van der Waals surface area contributed by atoms with E-state index in [1.54, 1.807) is 30.3 Å². The minimum absolute atomic E-state index is 0.222. The van der Waals surface area contributed by atoms with Gasteiger partial charge in [0.2, 0.25) is 5.89 Å². The number of hydrogen-bond acceptors (Lipinski definition) is 4. The third-order valence-electron chi connectivity index (χ3n) is 4.28. The van der Waals surface area contributed by atoms with Crippen molar-refractivity contribution in [3.05, 3.63) is 82.9 Å². The summed E-state index contributed by atoms with van der Waals surface area (Å²) in [5.74, 6) is 0.244. The van der Waals surface area contributed by atoms with Gasteiger partial charge in [0.05, 0.1) is 0 Å². The molecule has 2 N–H and O–H groups in total. The normalized spacial score (nSPS) is 10.7. The Bertz CT molecular complexity index is 1200. The number of rotatable bonds is 3. The van der Waals surface area contributed by atoms with Gasteiger partial charge in [0.1, 0.15) is 5.52 Å². The Morgan fingerprint density at radius 1 is 1.03 bits per heavy atom. The number of aryl methyl sites for hydroxylation is 1. The summed E-state index contributed by atoms with van der Waals surface area (Å²) in [6.45, 7) is 1.97. The highest BCUT2D eigenvalue weighted by Crippen LogP contribution is 2.27. The van der Waals surface area contributed by atoms with E-state index in [1.165, 1.54) is 0 Å².